The Morgan fingerprint density at radius 3 is 2.78 bits per heavy atom. The van der Waals surface area contributed by atoms with Crippen molar-refractivity contribution >= 4 is 23.3 Å². The van der Waals surface area contributed by atoms with Gasteiger partial charge in [0.25, 0.3) is 0 Å². The van der Waals surface area contributed by atoms with Crippen molar-refractivity contribution in [2.24, 2.45) is 0 Å². The minimum atomic E-state index is -0.701. The highest BCUT2D eigenvalue weighted by atomic mass is 19.1. The Morgan fingerprint density at radius 2 is 2.04 bits per heavy atom. The van der Waals surface area contributed by atoms with Crippen LogP contribution in [0.4, 0.5) is 20.6 Å². The summed E-state index contributed by atoms with van der Waals surface area (Å²) in [6.45, 7) is 0.760. The molecule has 2 aliphatic heterocycles. The molecular weight excluding hydrogens is 349 g/mol. The first kappa shape index (κ1) is 17.3. The number of likely N-dealkylation sites (tertiary alicyclic amines) is 1. The topological polar surface area (TPSA) is 61.9 Å². The Kier molecular flexibility index (Phi) is 4.02. The van der Waals surface area contributed by atoms with E-state index in [1.54, 1.807) is 22.9 Å². The molecule has 1 N–H and O–H groups in total. The highest BCUT2D eigenvalue weighted by Crippen LogP contribution is 2.46. The monoisotopic (exact) mass is 369 g/mol. The average Bonchev–Trinajstić information content (AvgIpc) is 3.21. The van der Waals surface area contributed by atoms with Crippen LogP contribution in [-0.4, -0.2) is 44.1 Å². The maximum atomic E-state index is 13.8. The third-order valence-electron chi connectivity index (χ3n) is 5.45. The van der Waals surface area contributed by atoms with Gasteiger partial charge in [0.05, 0.1) is 12.5 Å². The Balaban J connectivity index is 1.54. The zero-order valence-corrected chi connectivity index (χ0v) is 15.2. The minimum Gasteiger partial charge on any atom is -0.494 e. The van der Waals surface area contributed by atoms with Crippen LogP contribution < -0.4 is 15.0 Å². The van der Waals surface area contributed by atoms with Gasteiger partial charge in [-0.2, -0.15) is 0 Å². The lowest BCUT2D eigenvalue weighted by atomic mass is 9.81. The molecule has 2 aromatic carbocycles. The number of amides is 3. The molecule has 6 nitrogen and oxygen atoms in total. The molecule has 1 atom stereocenters. The summed E-state index contributed by atoms with van der Waals surface area (Å²) < 4.78 is 18.7. The van der Waals surface area contributed by atoms with Crippen LogP contribution in [0.3, 0.4) is 0 Å². The van der Waals surface area contributed by atoms with Crippen LogP contribution >= 0.6 is 0 Å². The highest BCUT2D eigenvalue weighted by molar-refractivity contribution is 6.08. The van der Waals surface area contributed by atoms with Crippen LogP contribution in [0.1, 0.15) is 12.0 Å². The third kappa shape index (κ3) is 2.61. The van der Waals surface area contributed by atoms with Crippen molar-refractivity contribution in [1.82, 2.24) is 4.90 Å². The van der Waals surface area contributed by atoms with Gasteiger partial charge in [-0.25, -0.2) is 9.18 Å². The molecule has 0 radical (unpaired) electrons. The first-order chi connectivity index (χ1) is 13.0. The summed E-state index contributed by atoms with van der Waals surface area (Å²) in [5, 5.41) is 2.70. The maximum Gasteiger partial charge on any atom is 0.321 e. The number of likely N-dealkylation sites (N-methyl/N-ethyl adjacent to an activating group) is 1. The van der Waals surface area contributed by atoms with Crippen LogP contribution in [0.25, 0.3) is 0 Å². The number of para-hydroxylation sites is 1. The maximum absolute atomic E-state index is 13.8. The molecule has 4 rings (SSSR count). The van der Waals surface area contributed by atoms with Gasteiger partial charge in [0.2, 0.25) is 5.91 Å². The van der Waals surface area contributed by atoms with E-state index in [4.69, 9.17) is 4.74 Å². The van der Waals surface area contributed by atoms with E-state index in [1.807, 2.05) is 24.3 Å². The van der Waals surface area contributed by atoms with Crippen molar-refractivity contribution in [3.05, 3.63) is 53.8 Å². The Hall–Kier alpha value is -3.09. The lowest BCUT2D eigenvalue weighted by Crippen LogP contribution is -2.42. The van der Waals surface area contributed by atoms with Gasteiger partial charge >= 0.3 is 6.03 Å². The van der Waals surface area contributed by atoms with Crippen LogP contribution in [0.5, 0.6) is 5.75 Å². The zero-order chi connectivity index (χ0) is 19.2. The van der Waals surface area contributed by atoms with E-state index in [1.165, 1.54) is 19.2 Å². The minimum absolute atomic E-state index is 0.00879. The second-order valence-corrected chi connectivity index (χ2v) is 6.91. The van der Waals surface area contributed by atoms with E-state index in [2.05, 4.69) is 5.32 Å². The quantitative estimate of drug-likeness (QED) is 0.885. The number of fused-ring (bicyclic) bond motifs is 2. The van der Waals surface area contributed by atoms with Crippen molar-refractivity contribution in [3.8, 4) is 5.75 Å². The first-order valence-corrected chi connectivity index (χ1v) is 8.73. The number of anilines is 2. The molecule has 0 unspecified atom stereocenters. The van der Waals surface area contributed by atoms with Crippen LogP contribution in [-0.2, 0) is 10.2 Å². The fourth-order valence-corrected chi connectivity index (χ4v) is 4.04. The normalized spacial score (nSPS) is 20.9. The number of carbonyl (C=O) groups excluding carboxylic acids is 2. The number of methoxy groups -OCH3 is 1. The van der Waals surface area contributed by atoms with Crippen LogP contribution in [0.15, 0.2) is 42.5 Å². The van der Waals surface area contributed by atoms with Crippen LogP contribution in [0, 0.1) is 5.82 Å². The molecule has 2 aliphatic rings. The van der Waals surface area contributed by atoms with Crippen LogP contribution in [0.2, 0.25) is 0 Å². The lowest BCUT2D eigenvalue weighted by Gasteiger charge is -2.23. The van der Waals surface area contributed by atoms with E-state index in [0.29, 0.717) is 25.2 Å². The molecule has 27 heavy (non-hydrogen) atoms. The fraction of sp³-hybridized carbons (Fsp3) is 0.300. The molecule has 1 spiro atoms. The van der Waals surface area contributed by atoms with E-state index in [-0.39, 0.29) is 17.7 Å². The highest BCUT2D eigenvalue weighted by Gasteiger charge is 2.54. The number of rotatable bonds is 2. The van der Waals surface area contributed by atoms with E-state index in [9.17, 15) is 14.0 Å². The standard InChI is InChI=1S/C20H20FN3O3/c1-23-16-6-4-3-5-14(16)20(18(23)25)9-10-24(12-20)19(26)22-13-7-8-17(27-2)15(21)11-13/h3-8,11H,9-10,12H2,1-2H3,(H,22,26)/t20-/m1/s1. The number of carbonyl (C=O) groups is 2. The largest absolute Gasteiger partial charge is 0.494 e. The van der Waals surface area contributed by atoms with Gasteiger partial charge in [-0.3, -0.25) is 4.79 Å². The molecule has 2 aromatic rings. The second kappa shape index (κ2) is 6.26. The lowest BCUT2D eigenvalue weighted by molar-refractivity contribution is -0.122. The van der Waals surface area contributed by atoms with Gasteiger partial charge in [-0.05, 0) is 30.2 Å². The molecule has 2 heterocycles. The number of benzene rings is 2. The van der Waals surface area contributed by atoms with Gasteiger partial charge < -0.3 is 19.9 Å². The van der Waals surface area contributed by atoms with Gasteiger partial charge in [0.1, 0.15) is 0 Å². The number of urea groups is 1. The van der Waals surface area contributed by atoms with Crippen molar-refractivity contribution in [1.29, 1.82) is 0 Å². The molecule has 0 aromatic heterocycles. The summed E-state index contributed by atoms with van der Waals surface area (Å²) in [5.41, 5.74) is 1.49. The third-order valence-corrected chi connectivity index (χ3v) is 5.45. The summed E-state index contributed by atoms with van der Waals surface area (Å²) in [5.74, 6) is -0.423. The number of halogens is 1. The summed E-state index contributed by atoms with van der Waals surface area (Å²) >= 11 is 0. The summed E-state index contributed by atoms with van der Waals surface area (Å²) in [6.07, 6.45) is 0.567. The number of nitrogens with zero attached hydrogens (tertiary/aromatic N) is 2. The molecule has 1 saturated heterocycles. The molecule has 0 saturated carbocycles. The van der Waals surface area contributed by atoms with E-state index in [0.717, 1.165) is 11.3 Å². The smallest absolute Gasteiger partial charge is 0.321 e. The van der Waals surface area contributed by atoms with Crippen molar-refractivity contribution < 1.29 is 18.7 Å². The number of hydrogen-bond donors (Lipinski definition) is 1. The Labute approximate surface area is 156 Å². The van der Waals surface area contributed by atoms with Crippen molar-refractivity contribution in [2.75, 3.05) is 37.5 Å². The van der Waals surface area contributed by atoms with Crippen molar-refractivity contribution in [3.63, 3.8) is 0 Å². The molecule has 1 fully saturated rings. The molecule has 0 bridgehead atoms. The number of hydrogen-bond acceptors (Lipinski definition) is 3. The molecule has 140 valence electrons. The molecule has 7 heteroatoms. The summed E-state index contributed by atoms with van der Waals surface area (Å²) in [4.78, 5) is 28.9. The van der Waals surface area contributed by atoms with E-state index < -0.39 is 11.2 Å². The Morgan fingerprint density at radius 1 is 1.26 bits per heavy atom. The van der Waals surface area contributed by atoms with Gasteiger partial charge in [-0.1, -0.05) is 18.2 Å². The van der Waals surface area contributed by atoms with Crippen molar-refractivity contribution in [2.45, 2.75) is 11.8 Å². The number of nitrogens with one attached hydrogen (secondary N) is 1. The number of ether oxygens (including phenoxy) is 1. The van der Waals surface area contributed by atoms with E-state index >= 15 is 0 Å². The molecular formula is C20H20FN3O3. The zero-order valence-electron chi connectivity index (χ0n) is 15.2. The SMILES string of the molecule is COc1ccc(NC(=O)N2CC[C@]3(C2)C(=O)N(C)c2ccccc23)cc1F. The second-order valence-electron chi connectivity index (χ2n) is 6.91. The van der Waals surface area contributed by atoms with Gasteiger partial charge in [-0.15, -0.1) is 0 Å². The van der Waals surface area contributed by atoms with Gasteiger partial charge in [0, 0.05) is 37.6 Å². The Bertz CT molecular complexity index is 932. The molecule has 3 amide bonds. The van der Waals surface area contributed by atoms with Gasteiger partial charge in [0.15, 0.2) is 11.6 Å². The average molecular weight is 369 g/mol. The summed E-state index contributed by atoms with van der Waals surface area (Å²) in [7, 11) is 3.15. The summed E-state index contributed by atoms with van der Waals surface area (Å²) in [6, 6.07) is 11.6. The predicted molar refractivity (Wildman–Crippen MR) is 99.7 cm³/mol. The predicted octanol–water partition coefficient (Wildman–Crippen LogP) is 2.99. The fourth-order valence-electron chi connectivity index (χ4n) is 4.04. The first-order valence-electron chi connectivity index (χ1n) is 8.73. The molecule has 0 aliphatic carbocycles.